The van der Waals surface area contributed by atoms with Crippen molar-refractivity contribution in [3.63, 3.8) is 0 Å². The summed E-state index contributed by atoms with van der Waals surface area (Å²) in [5.74, 6) is 0. The smallest absolute Gasteiger partial charge is 0.0366 e. The number of benzene rings is 1. The molecule has 1 aliphatic rings. The van der Waals surface area contributed by atoms with Crippen molar-refractivity contribution in [2.24, 2.45) is 0 Å². The number of anilines is 1. The summed E-state index contributed by atoms with van der Waals surface area (Å²) < 4.78 is 0. The van der Waals surface area contributed by atoms with Gasteiger partial charge >= 0.3 is 0 Å². The largest absolute Gasteiger partial charge is 0.372 e. The van der Waals surface area contributed by atoms with Crippen LogP contribution >= 0.6 is 0 Å². The Balaban J connectivity index is 2.02. The van der Waals surface area contributed by atoms with Gasteiger partial charge in [0.2, 0.25) is 0 Å². The first-order valence-electron chi connectivity index (χ1n) is 6.24. The zero-order valence-electron chi connectivity index (χ0n) is 9.71. The van der Waals surface area contributed by atoms with Gasteiger partial charge in [-0.3, -0.25) is 0 Å². The minimum absolute atomic E-state index is 1.21. The minimum atomic E-state index is 1.21. The number of hydrogen-bond acceptors (Lipinski definition) is 1. The van der Waals surface area contributed by atoms with Gasteiger partial charge in [-0.05, 0) is 43.4 Å². The molecule has 0 amide bonds. The highest BCUT2D eigenvalue weighted by molar-refractivity contribution is 5.47. The summed E-state index contributed by atoms with van der Waals surface area (Å²) in [6.07, 6.45) is 6.57. The number of aryl methyl sites for hydroxylation is 1. The van der Waals surface area contributed by atoms with E-state index >= 15 is 0 Å². The molecule has 15 heavy (non-hydrogen) atoms. The second-order valence-corrected chi connectivity index (χ2v) is 4.46. The van der Waals surface area contributed by atoms with Gasteiger partial charge in [0.25, 0.3) is 0 Å². The lowest BCUT2D eigenvalue weighted by Gasteiger charge is -2.28. The lowest BCUT2D eigenvalue weighted by atomic mass is 10.1. The van der Waals surface area contributed by atoms with Gasteiger partial charge in [0, 0.05) is 18.8 Å². The molecule has 1 nitrogen and oxygen atoms in total. The molecule has 0 N–H and O–H groups in total. The zero-order chi connectivity index (χ0) is 10.5. The van der Waals surface area contributed by atoms with Gasteiger partial charge in [0.1, 0.15) is 0 Å². The number of piperidine rings is 1. The van der Waals surface area contributed by atoms with E-state index < -0.39 is 0 Å². The Bertz CT molecular complexity index is 283. The molecule has 1 fully saturated rings. The van der Waals surface area contributed by atoms with Crippen LogP contribution < -0.4 is 4.90 Å². The SMILES string of the molecule is CCCc1ccc(N2CCCCC2)cc1. The van der Waals surface area contributed by atoms with Gasteiger partial charge in [-0.2, -0.15) is 0 Å². The molecule has 1 aromatic carbocycles. The molecule has 0 saturated carbocycles. The molecule has 0 aromatic heterocycles. The summed E-state index contributed by atoms with van der Waals surface area (Å²) in [6.45, 7) is 4.72. The predicted molar refractivity (Wildman–Crippen MR) is 66.5 cm³/mol. The van der Waals surface area contributed by atoms with Crippen molar-refractivity contribution in [3.8, 4) is 0 Å². The molecule has 1 heterocycles. The summed E-state index contributed by atoms with van der Waals surface area (Å²) in [6, 6.07) is 9.15. The minimum Gasteiger partial charge on any atom is -0.372 e. The summed E-state index contributed by atoms with van der Waals surface area (Å²) in [4.78, 5) is 2.51. The van der Waals surface area contributed by atoms with Crippen molar-refractivity contribution in [3.05, 3.63) is 29.8 Å². The molecular formula is C14H21N. The van der Waals surface area contributed by atoms with Crippen molar-refractivity contribution < 1.29 is 0 Å². The molecule has 0 unspecified atom stereocenters. The molecule has 1 saturated heterocycles. The molecule has 1 aliphatic heterocycles. The quantitative estimate of drug-likeness (QED) is 0.725. The fourth-order valence-corrected chi connectivity index (χ4v) is 2.31. The van der Waals surface area contributed by atoms with Crippen molar-refractivity contribution in [2.75, 3.05) is 18.0 Å². The molecule has 2 rings (SSSR count). The fourth-order valence-electron chi connectivity index (χ4n) is 2.31. The molecule has 0 aliphatic carbocycles. The van der Waals surface area contributed by atoms with Crippen LogP contribution in [0.1, 0.15) is 38.2 Å². The van der Waals surface area contributed by atoms with Gasteiger partial charge in [0.05, 0.1) is 0 Å². The number of rotatable bonds is 3. The van der Waals surface area contributed by atoms with E-state index in [4.69, 9.17) is 0 Å². The average Bonchev–Trinajstić information content (AvgIpc) is 2.32. The molecule has 1 heteroatoms. The molecule has 0 spiro atoms. The Hall–Kier alpha value is -0.980. The Morgan fingerprint density at radius 1 is 1.00 bits per heavy atom. The van der Waals surface area contributed by atoms with E-state index in [2.05, 4.69) is 36.1 Å². The Morgan fingerprint density at radius 2 is 1.67 bits per heavy atom. The zero-order valence-corrected chi connectivity index (χ0v) is 9.71. The topological polar surface area (TPSA) is 3.24 Å². The van der Waals surface area contributed by atoms with Crippen LogP contribution in [-0.4, -0.2) is 13.1 Å². The first-order chi connectivity index (χ1) is 7.40. The first-order valence-corrected chi connectivity index (χ1v) is 6.24. The van der Waals surface area contributed by atoms with E-state index in [1.807, 2.05) is 0 Å². The van der Waals surface area contributed by atoms with Gasteiger partial charge in [0.15, 0.2) is 0 Å². The van der Waals surface area contributed by atoms with E-state index in [0.717, 1.165) is 0 Å². The van der Waals surface area contributed by atoms with Crippen LogP contribution in [0.5, 0.6) is 0 Å². The van der Waals surface area contributed by atoms with E-state index in [1.165, 1.54) is 56.4 Å². The number of hydrogen-bond donors (Lipinski definition) is 0. The van der Waals surface area contributed by atoms with Gasteiger partial charge in [-0.15, -0.1) is 0 Å². The highest BCUT2D eigenvalue weighted by Crippen LogP contribution is 2.20. The van der Waals surface area contributed by atoms with Gasteiger partial charge < -0.3 is 4.90 Å². The second-order valence-electron chi connectivity index (χ2n) is 4.46. The fraction of sp³-hybridized carbons (Fsp3) is 0.571. The van der Waals surface area contributed by atoms with Crippen LogP contribution in [0, 0.1) is 0 Å². The molecule has 82 valence electrons. The van der Waals surface area contributed by atoms with E-state index in [9.17, 15) is 0 Å². The van der Waals surface area contributed by atoms with Crippen molar-refractivity contribution in [1.29, 1.82) is 0 Å². The molecule has 1 aromatic rings. The van der Waals surface area contributed by atoms with Crippen molar-refractivity contribution in [1.82, 2.24) is 0 Å². The van der Waals surface area contributed by atoms with Gasteiger partial charge in [-0.25, -0.2) is 0 Å². The highest BCUT2D eigenvalue weighted by atomic mass is 15.1. The predicted octanol–water partition coefficient (Wildman–Crippen LogP) is 3.63. The van der Waals surface area contributed by atoms with Crippen LogP contribution in [0.2, 0.25) is 0 Å². The van der Waals surface area contributed by atoms with Crippen molar-refractivity contribution >= 4 is 5.69 Å². The molecule has 0 atom stereocenters. The Morgan fingerprint density at radius 3 is 2.27 bits per heavy atom. The number of nitrogens with zero attached hydrogens (tertiary/aromatic N) is 1. The van der Waals surface area contributed by atoms with Crippen molar-refractivity contribution in [2.45, 2.75) is 39.0 Å². The van der Waals surface area contributed by atoms with E-state index in [1.54, 1.807) is 0 Å². The molecular weight excluding hydrogens is 182 g/mol. The highest BCUT2D eigenvalue weighted by Gasteiger charge is 2.09. The Kier molecular flexibility index (Phi) is 3.65. The normalized spacial score (nSPS) is 16.7. The van der Waals surface area contributed by atoms with Crippen LogP contribution in [0.25, 0.3) is 0 Å². The third-order valence-corrected chi connectivity index (χ3v) is 3.20. The monoisotopic (exact) mass is 203 g/mol. The standard InChI is InChI=1S/C14H21N/c1-2-6-13-7-9-14(10-8-13)15-11-4-3-5-12-15/h7-10H,2-6,11-12H2,1H3. The molecule has 0 radical (unpaired) electrons. The molecule has 0 bridgehead atoms. The first kappa shape index (κ1) is 10.5. The summed E-state index contributed by atoms with van der Waals surface area (Å²) >= 11 is 0. The summed E-state index contributed by atoms with van der Waals surface area (Å²) in [7, 11) is 0. The van der Waals surface area contributed by atoms with E-state index in [0.29, 0.717) is 0 Å². The lowest BCUT2D eigenvalue weighted by molar-refractivity contribution is 0.578. The van der Waals surface area contributed by atoms with E-state index in [-0.39, 0.29) is 0 Å². The maximum atomic E-state index is 2.51. The summed E-state index contributed by atoms with van der Waals surface area (Å²) in [5, 5.41) is 0. The van der Waals surface area contributed by atoms with Crippen LogP contribution in [0.4, 0.5) is 5.69 Å². The maximum absolute atomic E-state index is 2.51. The Labute approximate surface area is 93.1 Å². The third-order valence-electron chi connectivity index (χ3n) is 3.20. The lowest BCUT2D eigenvalue weighted by Crippen LogP contribution is -2.29. The second kappa shape index (κ2) is 5.20. The van der Waals surface area contributed by atoms with Gasteiger partial charge in [-0.1, -0.05) is 25.5 Å². The van der Waals surface area contributed by atoms with Crippen LogP contribution in [0.15, 0.2) is 24.3 Å². The van der Waals surface area contributed by atoms with Crippen LogP contribution in [0.3, 0.4) is 0 Å². The average molecular weight is 203 g/mol. The third kappa shape index (κ3) is 2.74. The maximum Gasteiger partial charge on any atom is 0.0366 e. The van der Waals surface area contributed by atoms with Crippen LogP contribution in [-0.2, 0) is 6.42 Å². The summed E-state index contributed by atoms with van der Waals surface area (Å²) in [5.41, 5.74) is 2.88.